The van der Waals surface area contributed by atoms with Gasteiger partial charge in [-0.05, 0) is 42.0 Å². The molecule has 0 spiro atoms. The lowest BCUT2D eigenvalue weighted by Gasteiger charge is -2.30. The van der Waals surface area contributed by atoms with Crippen molar-refractivity contribution in [2.24, 2.45) is 5.92 Å². The number of sulfonamides is 1. The Hall–Kier alpha value is -2.37. The molecule has 2 heterocycles. The van der Waals surface area contributed by atoms with E-state index in [1.165, 1.54) is 16.3 Å². The van der Waals surface area contributed by atoms with Gasteiger partial charge in [0, 0.05) is 38.3 Å². The van der Waals surface area contributed by atoms with Gasteiger partial charge in [-0.2, -0.15) is 4.31 Å². The first-order chi connectivity index (χ1) is 17.0. The second-order valence-corrected chi connectivity index (χ2v) is 11.3. The average molecular weight is 518 g/mol. The normalized spacial score (nSPS) is 19.9. The van der Waals surface area contributed by atoms with Crippen molar-refractivity contribution < 1.29 is 22.7 Å². The SMILES string of the molecule is C=CSNC[C@H]1CCN(S(=O)(=O)c2ccc(C(Oc3ccccc3)C(=O)N3CCOCC3)cc2)C1. The molecule has 35 heavy (non-hydrogen) atoms. The standard InChI is InChI=1S/C25H31N3O5S2/c1-2-34-26-18-20-12-13-28(19-20)35(30,31)23-10-8-21(9-11-23)24(33-22-6-4-3-5-7-22)25(29)27-14-16-32-17-15-27/h2-11,20,24,26H,1,12-19H2/t20-,24?/m1/s1. The zero-order chi connectivity index (χ0) is 24.7. The van der Waals surface area contributed by atoms with Gasteiger partial charge in [0.2, 0.25) is 16.1 Å². The number of hydrogen-bond donors (Lipinski definition) is 1. The number of carbonyl (C=O) groups is 1. The minimum atomic E-state index is -3.62. The van der Waals surface area contributed by atoms with Crippen molar-refractivity contribution in [2.45, 2.75) is 17.4 Å². The molecule has 2 aromatic rings. The Labute approximate surface area is 211 Å². The van der Waals surface area contributed by atoms with Crippen LogP contribution in [0.1, 0.15) is 18.1 Å². The smallest absolute Gasteiger partial charge is 0.268 e. The molecule has 0 saturated carbocycles. The molecule has 0 aliphatic carbocycles. The summed E-state index contributed by atoms with van der Waals surface area (Å²) in [5, 5.41) is 1.71. The van der Waals surface area contributed by atoms with Crippen molar-refractivity contribution in [3.05, 3.63) is 72.1 Å². The highest BCUT2D eigenvalue weighted by atomic mass is 32.2. The van der Waals surface area contributed by atoms with Crippen molar-refractivity contribution >= 4 is 27.9 Å². The van der Waals surface area contributed by atoms with Crippen LogP contribution in [-0.2, 0) is 19.6 Å². The number of nitrogens with zero attached hydrogens (tertiary/aromatic N) is 2. The molecule has 0 bridgehead atoms. The topological polar surface area (TPSA) is 88.2 Å². The Morgan fingerprint density at radius 1 is 1.14 bits per heavy atom. The van der Waals surface area contributed by atoms with Gasteiger partial charge in [-0.25, -0.2) is 8.42 Å². The minimum absolute atomic E-state index is 0.167. The molecule has 4 rings (SSSR count). The summed E-state index contributed by atoms with van der Waals surface area (Å²) in [7, 11) is -3.62. The van der Waals surface area contributed by atoms with Crippen molar-refractivity contribution in [1.29, 1.82) is 0 Å². The summed E-state index contributed by atoms with van der Waals surface area (Å²) in [6, 6.07) is 15.6. The van der Waals surface area contributed by atoms with E-state index in [9.17, 15) is 13.2 Å². The second-order valence-electron chi connectivity index (χ2n) is 8.47. The molecule has 2 aliphatic heterocycles. The van der Waals surface area contributed by atoms with E-state index in [1.54, 1.807) is 46.7 Å². The van der Waals surface area contributed by atoms with Crippen LogP contribution in [0.25, 0.3) is 0 Å². The van der Waals surface area contributed by atoms with Crippen LogP contribution in [0.15, 0.2) is 71.5 Å². The van der Waals surface area contributed by atoms with Crippen LogP contribution in [0.4, 0.5) is 0 Å². The highest BCUT2D eigenvalue weighted by molar-refractivity contribution is 8.00. The summed E-state index contributed by atoms with van der Waals surface area (Å²) >= 11 is 1.41. The number of ether oxygens (including phenoxy) is 2. The quantitative estimate of drug-likeness (QED) is 0.383. The molecule has 8 nitrogen and oxygen atoms in total. The van der Waals surface area contributed by atoms with Crippen LogP contribution >= 0.6 is 11.9 Å². The van der Waals surface area contributed by atoms with Crippen LogP contribution < -0.4 is 9.46 Å². The fourth-order valence-electron chi connectivity index (χ4n) is 4.22. The Morgan fingerprint density at radius 2 is 1.86 bits per heavy atom. The number of rotatable bonds is 10. The van der Waals surface area contributed by atoms with E-state index in [2.05, 4.69) is 11.3 Å². The summed E-state index contributed by atoms with van der Waals surface area (Å²) in [5.41, 5.74) is 0.606. The third-order valence-electron chi connectivity index (χ3n) is 6.15. The summed E-state index contributed by atoms with van der Waals surface area (Å²) in [5.74, 6) is 0.661. The third-order valence-corrected chi connectivity index (χ3v) is 8.53. The summed E-state index contributed by atoms with van der Waals surface area (Å²) in [6.07, 6.45) is -0.0693. The Balaban J connectivity index is 1.50. The first-order valence-corrected chi connectivity index (χ1v) is 14.0. The van der Waals surface area contributed by atoms with Crippen LogP contribution in [0.2, 0.25) is 0 Å². The number of amides is 1. The molecule has 0 aromatic heterocycles. The Bertz CT molecular complexity index is 1090. The predicted octanol–water partition coefficient (Wildman–Crippen LogP) is 3.06. The molecule has 2 fully saturated rings. The van der Waals surface area contributed by atoms with Gasteiger partial charge in [-0.15, -0.1) is 0 Å². The molecule has 0 radical (unpaired) electrons. The van der Waals surface area contributed by atoms with Gasteiger partial charge in [-0.3, -0.25) is 9.52 Å². The second kappa shape index (κ2) is 12.0. The van der Waals surface area contributed by atoms with E-state index in [0.29, 0.717) is 50.7 Å². The van der Waals surface area contributed by atoms with Crippen LogP contribution in [0.3, 0.4) is 0 Å². The molecule has 188 valence electrons. The third kappa shape index (κ3) is 6.45. The summed E-state index contributed by atoms with van der Waals surface area (Å²) in [6.45, 7) is 7.31. The van der Waals surface area contributed by atoms with Crippen LogP contribution in [-0.4, -0.2) is 69.5 Å². The molecule has 1 N–H and O–H groups in total. The zero-order valence-corrected chi connectivity index (χ0v) is 21.2. The molecule has 2 aliphatic rings. The number of hydrogen-bond acceptors (Lipinski definition) is 7. The molecule has 10 heteroatoms. The molecule has 2 saturated heterocycles. The maximum Gasteiger partial charge on any atom is 0.268 e. The highest BCUT2D eigenvalue weighted by Crippen LogP contribution is 2.28. The van der Waals surface area contributed by atoms with Gasteiger partial charge in [0.1, 0.15) is 5.75 Å². The van der Waals surface area contributed by atoms with Gasteiger partial charge in [0.25, 0.3) is 5.91 Å². The number of morpholine rings is 1. The predicted molar refractivity (Wildman–Crippen MR) is 136 cm³/mol. The van der Waals surface area contributed by atoms with E-state index < -0.39 is 16.1 Å². The molecule has 2 aromatic carbocycles. The molecular formula is C25H31N3O5S2. The molecular weight excluding hydrogens is 486 g/mol. The molecule has 2 atom stereocenters. The fourth-order valence-corrected chi connectivity index (χ4v) is 6.20. The maximum absolute atomic E-state index is 13.3. The number of benzene rings is 2. The maximum atomic E-state index is 13.3. The van der Waals surface area contributed by atoms with Crippen molar-refractivity contribution in [1.82, 2.24) is 13.9 Å². The lowest BCUT2D eigenvalue weighted by molar-refractivity contribution is -0.143. The molecule has 1 unspecified atom stereocenters. The van der Waals surface area contributed by atoms with E-state index in [0.717, 1.165) is 13.0 Å². The van der Waals surface area contributed by atoms with Crippen LogP contribution in [0.5, 0.6) is 5.75 Å². The van der Waals surface area contributed by atoms with Gasteiger partial charge in [-0.1, -0.05) is 48.9 Å². The zero-order valence-electron chi connectivity index (χ0n) is 19.5. The van der Waals surface area contributed by atoms with E-state index in [1.807, 2.05) is 18.2 Å². The van der Waals surface area contributed by atoms with E-state index >= 15 is 0 Å². The van der Waals surface area contributed by atoms with Crippen molar-refractivity contribution in [3.63, 3.8) is 0 Å². The summed E-state index contributed by atoms with van der Waals surface area (Å²) in [4.78, 5) is 15.3. The first-order valence-electron chi connectivity index (χ1n) is 11.7. The average Bonchev–Trinajstić information content (AvgIpc) is 3.38. The Morgan fingerprint density at radius 3 is 2.54 bits per heavy atom. The van der Waals surface area contributed by atoms with Gasteiger partial charge in [0.15, 0.2) is 0 Å². The van der Waals surface area contributed by atoms with E-state index in [4.69, 9.17) is 9.47 Å². The van der Waals surface area contributed by atoms with Crippen LogP contribution in [0, 0.1) is 5.92 Å². The lowest BCUT2D eigenvalue weighted by atomic mass is 10.1. The fraction of sp³-hybridized carbons (Fsp3) is 0.400. The lowest BCUT2D eigenvalue weighted by Crippen LogP contribution is -2.44. The van der Waals surface area contributed by atoms with Crippen molar-refractivity contribution in [3.8, 4) is 5.75 Å². The highest BCUT2D eigenvalue weighted by Gasteiger charge is 2.33. The van der Waals surface area contributed by atoms with E-state index in [-0.39, 0.29) is 16.7 Å². The van der Waals surface area contributed by atoms with Gasteiger partial charge >= 0.3 is 0 Å². The van der Waals surface area contributed by atoms with Crippen molar-refractivity contribution in [2.75, 3.05) is 45.9 Å². The number of para-hydroxylation sites is 1. The first kappa shape index (κ1) is 25.7. The van der Waals surface area contributed by atoms with Gasteiger partial charge < -0.3 is 14.4 Å². The monoisotopic (exact) mass is 517 g/mol. The largest absolute Gasteiger partial charge is 0.476 e. The Kier molecular flexibility index (Phi) is 8.85. The molecule has 1 amide bonds. The number of carbonyl (C=O) groups excluding carboxylic acids is 1. The summed E-state index contributed by atoms with van der Waals surface area (Å²) < 4.78 is 42.6. The number of nitrogens with one attached hydrogen (secondary N) is 1. The minimum Gasteiger partial charge on any atom is -0.476 e. The van der Waals surface area contributed by atoms with Gasteiger partial charge in [0.05, 0.1) is 18.1 Å².